The summed E-state index contributed by atoms with van der Waals surface area (Å²) in [6.45, 7) is 3.02. The third kappa shape index (κ3) is 3.15. The molecule has 102 valence electrons. The van der Waals surface area contributed by atoms with E-state index in [1.807, 2.05) is 6.92 Å². The number of hydrogen-bond acceptors (Lipinski definition) is 3. The first-order chi connectivity index (χ1) is 9.10. The molecule has 2 rings (SSSR count). The lowest BCUT2D eigenvalue weighted by molar-refractivity contribution is -0.145. The standard InChI is InChI=1S/C13H16N2O4/c1-2-19-11-5-3-10(4-6-11)14-13(18)15-7-9(8-15)12(16)17/h3-6,9H,2,7-8H2,1H3,(H,14,18)(H,16,17). The van der Waals surface area contributed by atoms with Crippen molar-refractivity contribution in [1.29, 1.82) is 0 Å². The summed E-state index contributed by atoms with van der Waals surface area (Å²) in [4.78, 5) is 23.9. The SMILES string of the molecule is CCOc1ccc(NC(=O)N2CC(C(=O)O)C2)cc1. The Hall–Kier alpha value is -2.24. The highest BCUT2D eigenvalue weighted by molar-refractivity contribution is 5.91. The molecule has 6 heteroatoms. The zero-order chi connectivity index (χ0) is 13.8. The van der Waals surface area contributed by atoms with E-state index in [1.165, 1.54) is 4.90 Å². The lowest BCUT2D eigenvalue weighted by Gasteiger charge is -2.36. The number of nitrogens with zero attached hydrogens (tertiary/aromatic N) is 1. The normalized spacial score (nSPS) is 14.7. The van der Waals surface area contributed by atoms with Crippen LogP contribution in [0.1, 0.15) is 6.92 Å². The number of carboxylic acids is 1. The number of amides is 2. The third-order valence-electron chi connectivity index (χ3n) is 2.93. The zero-order valence-electron chi connectivity index (χ0n) is 10.6. The van der Waals surface area contributed by atoms with E-state index in [0.717, 1.165) is 5.75 Å². The highest BCUT2D eigenvalue weighted by Crippen LogP contribution is 2.19. The Morgan fingerprint density at radius 3 is 2.53 bits per heavy atom. The molecular formula is C13H16N2O4. The molecule has 0 saturated carbocycles. The lowest BCUT2D eigenvalue weighted by Crippen LogP contribution is -2.54. The quantitative estimate of drug-likeness (QED) is 0.866. The van der Waals surface area contributed by atoms with Crippen molar-refractivity contribution >= 4 is 17.7 Å². The van der Waals surface area contributed by atoms with Crippen molar-refractivity contribution in [2.75, 3.05) is 25.0 Å². The van der Waals surface area contributed by atoms with Gasteiger partial charge in [-0.1, -0.05) is 0 Å². The molecule has 1 aromatic carbocycles. The first-order valence-corrected chi connectivity index (χ1v) is 6.11. The number of hydrogen-bond donors (Lipinski definition) is 2. The van der Waals surface area contributed by atoms with Crippen molar-refractivity contribution in [3.05, 3.63) is 24.3 Å². The summed E-state index contributed by atoms with van der Waals surface area (Å²) in [5.41, 5.74) is 0.659. The van der Waals surface area contributed by atoms with Gasteiger partial charge in [-0.15, -0.1) is 0 Å². The molecule has 2 N–H and O–H groups in total. The lowest BCUT2D eigenvalue weighted by atomic mass is 10.0. The van der Waals surface area contributed by atoms with E-state index in [9.17, 15) is 9.59 Å². The van der Waals surface area contributed by atoms with E-state index >= 15 is 0 Å². The number of likely N-dealkylation sites (tertiary alicyclic amines) is 1. The fourth-order valence-corrected chi connectivity index (χ4v) is 1.80. The van der Waals surface area contributed by atoms with Gasteiger partial charge in [0.2, 0.25) is 0 Å². The van der Waals surface area contributed by atoms with Crippen LogP contribution in [-0.2, 0) is 4.79 Å². The molecule has 1 fully saturated rings. The maximum atomic E-state index is 11.8. The smallest absolute Gasteiger partial charge is 0.321 e. The molecule has 0 spiro atoms. The number of benzene rings is 1. The fourth-order valence-electron chi connectivity index (χ4n) is 1.80. The van der Waals surface area contributed by atoms with Gasteiger partial charge in [-0.25, -0.2) is 4.79 Å². The number of aliphatic carboxylic acids is 1. The van der Waals surface area contributed by atoms with Crippen molar-refractivity contribution in [3.63, 3.8) is 0 Å². The third-order valence-corrected chi connectivity index (χ3v) is 2.93. The van der Waals surface area contributed by atoms with Crippen molar-refractivity contribution in [2.24, 2.45) is 5.92 Å². The molecule has 2 amide bonds. The highest BCUT2D eigenvalue weighted by atomic mass is 16.5. The maximum Gasteiger partial charge on any atom is 0.321 e. The summed E-state index contributed by atoms with van der Waals surface area (Å²) >= 11 is 0. The van der Waals surface area contributed by atoms with Gasteiger partial charge in [0.25, 0.3) is 0 Å². The zero-order valence-corrected chi connectivity index (χ0v) is 10.6. The van der Waals surface area contributed by atoms with Crippen molar-refractivity contribution in [3.8, 4) is 5.75 Å². The minimum absolute atomic E-state index is 0.262. The van der Waals surface area contributed by atoms with Crippen LogP contribution in [0.25, 0.3) is 0 Å². The second-order valence-corrected chi connectivity index (χ2v) is 4.33. The number of carboxylic acid groups (broad SMARTS) is 1. The van der Waals surface area contributed by atoms with Crippen LogP contribution in [0.15, 0.2) is 24.3 Å². The predicted octanol–water partition coefficient (Wildman–Crippen LogP) is 1.63. The van der Waals surface area contributed by atoms with Crippen LogP contribution in [0.2, 0.25) is 0 Å². The minimum Gasteiger partial charge on any atom is -0.494 e. The topological polar surface area (TPSA) is 78.9 Å². The van der Waals surface area contributed by atoms with E-state index in [1.54, 1.807) is 24.3 Å². The largest absolute Gasteiger partial charge is 0.494 e. The summed E-state index contributed by atoms with van der Waals surface area (Å²) in [7, 11) is 0. The monoisotopic (exact) mass is 264 g/mol. The van der Waals surface area contributed by atoms with Crippen molar-refractivity contribution in [1.82, 2.24) is 4.90 Å². The number of ether oxygens (including phenoxy) is 1. The summed E-state index contributed by atoms with van der Waals surface area (Å²) in [5.74, 6) is -0.549. The molecule has 1 saturated heterocycles. The highest BCUT2D eigenvalue weighted by Gasteiger charge is 2.35. The molecule has 0 unspecified atom stereocenters. The number of carbonyl (C=O) groups excluding carboxylic acids is 1. The average Bonchev–Trinajstić information content (AvgIpc) is 2.29. The van der Waals surface area contributed by atoms with Gasteiger partial charge in [-0.05, 0) is 31.2 Å². The average molecular weight is 264 g/mol. The Morgan fingerprint density at radius 2 is 2.00 bits per heavy atom. The predicted molar refractivity (Wildman–Crippen MR) is 69.3 cm³/mol. The molecule has 0 aliphatic carbocycles. The summed E-state index contributed by atoms with van der Waals surface area (Å²) in [6, 6.07) is 6.76. The molecule has 1 aliphatic rings. The molecular weight excluding hydrogens is 248 g/mol. The summed E-state index contributed by atoms with van der Waals surface area (Å²) in [6.07, 6.45) is 0. The van der Waals surface area contributed by atoms with E-state index in [4.69, 9.17) is 9.84 Å². The first-order valence-electron chi connectivity index (χ1n) is 6.11. The van der Waals surface area contributed by atoms with Gasteiger partial charge in [-0.2, -0.15) is 0 Å². The van der Waals surface area contributed by atoms with Crippen LogP contribution in [0.5, 0.6) is 5.75 Å². The molecule has 1 heterocycles. The Bertz CT molecular complexity index is 466. The molecule has 6 nitrogen and oxygen atoms in total. The van der Waals surface area contributed by atoms with Gasteiger partial charge in [0.15, 0.2) is 0 Å². The summed E-state index contributed by atoms with van der Waals surface area (Å²) in [5, 5.41) is 11.4. The number of nitrogens with one attached hydrogen (secondary N) is 1. The summed E-state index contributed by atoms with van der Waals surface area (Å²) < 4.78 is 5.30. The Labute approximate surface area is 111 Å². The molecule has 1 aliphatic heterocycles. The first kappa shape index (κ1) is 13.2. The van der Waals surface area contributed by atoms with Gasteiger partial charge < -0.3 is 20.1 Å². The maximum absolute atomic E-state index is 11.8. The van der Waals surface area contributed by atoms with E-state index in [-0.39, 0.29) is 19.1 Å². The van der Waals surface area contributed by atoms with Crippen LogP contribution in [-0.4, -0.2) is 41.7 Å². The van der Waals surface area contributed by atoms with Crippen molar-refractivity contribution in [2.45, 2.75) is 6.92 Å². The number of anilines is 1. The molecule has 1 aromatic rings. The number of rotatable bonds is 4. The second-order valence-electron chi connectivity index (χ2n) is 4.33. The van der Waals surface area contributed by atoms with Crippen LogP contribution in [0, 0.1) is 5.92 Å². The van der Waals surface area contributed by atoms with Crippen molar-refractivity contribution < 1.29 is 19.4 Å². The fraction of sp³-hybridized carbons (Fsp3) is 0.385. The van der Waals surface area contributed by atoms with E-state index in [2.05, 4.69) is 5.32 Å². The van der Waals surface area contributed by atoms with Gasteiger partial charge in [0.1, 0.15) is 5.75 Å². The number of carbonyl (C=O) groups is 2. The molecule has 19 heavy (non-hydrogen) atoms. The van der Waals surface area contributed by atoms with Gasteiger partial charge in [0.05, 0.1) is 12.5 Å². The van der Waals surface area contributed by atoms with E-state index in [0.29, 0.717) is 12.3 Å². The van der Waals surface area contributed by atoms with Crippen LogP contribution >= 0.6 is 0 Å². The van der Waals surface area contributed by atoms with Gasteiger partial charge >= 0.3 is 12.0 Å². The van der Waals surface area contributed by atoms with Crippen LogP contribution in [0.4, 0.5) is 10.5 Å². The van der Waals surface area contributed by atoms with Crippen LogP contribution in [0.3, 0.4) is 0 Å². The Kier molecular flexibility index (Phi) is 3.89. The second kappa shape index (κ2) is 5.60. The van der Waals surface area contributed by atoms with Gasteiger partial charge in [0, 0.05) is 18.8 Å². The molecule has 0 atom stereocenters. The molecule has 0 bridgehead atoms. The molecule has 0 radical (unpaired) electrons. The minimum atomic E-state index is -0.856. The number of urea groups is 1. The molecule has 0 aromatic heterocycles. The Morgan fingerprint density at radius 1 is 1.37 bits per heavy atom. The van der Waals surface area contributed by atoms with E-state index < -0.39 is 11.9 Å². The Balaban J connectivity index is 1.84. The van der Waals surface area contributed by atoms with Crippen LogP contribution < -0.4 is 10.1 Å². The van der Waals surface area contributed by atoms with Gasteiger partial charge in [-0.3, -0.25) is 4.79 Å².